The molecule has 6 nitrogen and oxygen atoms in total. The molecule has 1 aliphatic rings. The summed E-state index contributed by atoms with van der Waals surface area (Å²) in [7, 11) is 0. The minimum absolute atomic E-state index is 0.0997. The fourth-order valence-electron chi connectivity index (χ4n) is 2.35. The average molecular weight is 332 g/mol. The van der Waals surface area contributed by atoms with Gasteiger partial charge in [0.25, 0.3) is 0 Å². The highest BCUT2D eigenvalue weighted by molar-refractivity contribution is 5.36. The van der Waals surface area contributed by atoms with Crippen LogP contribution in [0.1, 0.15) is 5.56 Å². The van der Waals surface area contributed by atoms with Crippen molar-refractivity contribution in [1.82, 2.24) is 0 Å². The number of hydrogen-bond acceptors (Lipinski definition) is 6. The van der Waals surface area contributed by atoms with Crippen LogP contribution in [0, 0.1) is 6.92 Å². The molecule has 24 heavy (non-hydrogen) atoms. The molecular formula is C18H20O6. The molecule has 4 atom stereocenters. The van der Waals surface area contributed by atoms with Gasteiger partial charge in [-0.3, -0.25) is 0 Å². The summed E-state index contributed by atoms with van der Waals surface area (Å²) in [5.41, 5.74) is 1.16. The molecule has 1 fully saturated rings. The number of benzene rings is 2. The molecule has 3 rings (SSSR count). The molecular weight excluding hydrogens is 312 g/mol. The first-order valence-electron chi connectivity index (χ1n) is 7.70. The van der Waals surface area contributed by atoms with E-state index in [4.69, 9.17) is 14.2 Å². The number of aryl methyl sites for hydroxylation is 1. The van der Waals surface area contributed by atoms with E-state index in [1.165, 1.54) is 0 Å². The number of aliphatic hydroxyl groups is 3. The van der Waals surface area contributed by atoms with Gasteiger partial charge in [-0.25, -0.2) is 0 Å². The van der Waals surface area contributed by atoms with E-state index in [0.717, 1.165) is 11.3 Å². The third-order valence-electron chi connectivity index (χ3n) is 3.79. The summed E-state index contributed by atoms with van der Waals surface area (Å²) in [6.07, 6.45) is -4.78. The van der Waals surface area contributed by atoms with Gasteiger partial charge in [-0.1, -0.05) is 17.7 Å². The van der Waals surface area contributed by atoms with E-state index in [1.54, 1.807) is 24.3 Å². The highest BCUT2D eigenvalue weighted by Crippen LogP contribution is 2.26. The predicted octanol–water partition coefficient (Wildman–Crippen LogP) is 1.61. The van der Waals surface area contributed by atoms with Crippen molar-refractivity contribution < 1.29 is 29.5 Å². The van der Waals surface area contributed by atoms with Crippen LogP contribution in [0.15, 0.2) is 48.5 Å². The Morgan fingerprint density at radius 3 is 2.00 bits per heavy atom. The summed E-state index contributed by atoms with van der Waals surface area (Å²) in [5, 5.41) is 28.9. The monoisotopic (exact) mass is 332 g/mol. The van der Waals surface area contributed by atoms with Crippen LogP contribution in [-0.2, 0) is 4.74 Å². The Bertz CT molecular complexity index is 654. The highest BCUT2D eigenvalue weighted by Gasteiger charge is 2.38. The zero-order valence-electron chi connectivity index (χ0n) is 13.2. The van der Waals surface area contributed by atoms with Gasteiger partial charge in [0.1, 0.15) is 35.6 Å². The molecule has 0 radical (unpaired) electrons. The average Bonchev–Trinajstić information content (AvgIpc) is 2.59. The number of hydrogen-bond donors (Lipinski definition) is 3. The van der Waals surface area contributed by atoms with Gasteiger partial charge in [0, 0.05) is 0 Å². The largest absolute Gasteiger partial charge is 0.462 e. The molecule has 2 aromatic rings. The van der Waals surface area contributed by atoms with E-state index in [9.17, 15) is 15.3 Å². The van der Waals surface area contributed by atoms with E-state index >= 15 is 0 Å². The zero-order valence-corrected chi connectivity index (χ0v) is 13.2. The lowest BCUT2D eigenvalue weighted by atomic mass is 10.1. The van der Waals surface area contributed by atoms with E-state index in [0.29, 0.717) is 11.5 Å². The minimum Gasteiger partial charge on any atom is -0.462 e. The quantitative estimate of drug-likeness (QED) is 0.788. The molecule has 0 saturated carbocycles. The van der Waals surface area contributed by atoms with Crippen LogP contribution in [0.5, 0.6) is 17.2 Å². The molecule has 0 unspecified atom stereocenters. The third-order valence-corrected chi connectivity index (χ3v) is 3.79. The Balaban J connectivity index is 1.61. The van der Waals surface area contributed by atoms with Gasteiger partial charge in [-0.15, -0.1) is 0 Å². The van der Waals surface area contributed by atoms with Gasteiger partial charge < -0.3 is 29.5 Å². The molecule has 0 amide bonds. The summed E-state index contributed by atoms with van der Waals surface area (Å²) >= 11 is 0. The molecule has 0 bridgehead atoms. The lowest BCUT2D eigenvalue weighted by molar-refractivity contribution is -0.242. The van der Waals surface area contributed by atoms with Crippen LogP contribution < -0.4 is 9.47 Å². The Hall–Kier alpha value is -2.12. The first-order chi connectivity index (χ1) is 11.5. The zero-order chi connectivity index (χ0) is 17.1. The Kier molecular flexibility index (Phi) is 5.01. The Morgan fingerprint density at radius 2 is 1.38 bits per heavy atom. The maximum Gasteiger partial charge on any atom is 0.228 e. The van der Waals surface area contributed by atoms with E-state index in [2.05, 4.69) is 0 Å². The van der Waals surface area contributed by atoms with Crippen LogP contribution in [0.2, 0.25) is 0 Å². The maximum absolute atomic E-state index is 9.86. The van der Waals surface area contributed by atoms with Gasteiger partial charge in [0.2, 0.25) is 6.29 Å². The highest BCUT2D eigenvalue weighted by atomic mass is 16.7. The van der Waals surface area contributed by atoms with Crippen LogP contribution in [0.4, 0.5) is 0 Å². The van der Waals surface area contributed by atoms with Crippen LogP contribution in [0.3, 0.4) is 0 Å². The van der Waals surface area contributed by atoms with E-state index in [-0.39, 0.29) is 6.61 Å². The first kappa shape index (κ1) is 16.7. The predicted molar refractivity (Wildman–Crippen MR) is 86.1 cm³/mol. The summed E-state index contributed by atoms with van der Waals surface area (Å²) in [6.45, 7) is 1.91. The van der Waals surface area contributed by atoms with Crippen LogP contribution >= 0.6 is 0 Å². The molecule has 3 N–H and O–H groups in total. The number of ether oxygens (including phenoxy) is 3. The third kappa shape index (κ3) is 3.85. The fourth-order valence-corrected chi connectivity index (χ4v) is 2.35. The summed E-state index contributed by atoms with van der Waals surface area (Å²) in [6, 6.07) is 14.5. The smallest absolute Gasteiger partial charge is 0.228 e. The second kappa shape index (κ2) is 7.19. The second-order valence-electron chi connectivity index (χ2n) is 5.75. The molecule has 0 aliphatic carbocycles. The summed E-state index contributed by atoms with van der Waals surface area (Å²) in [4.78, 5) is 0. The van der Waals surface area contributed by atoms with Crippen molar-refractivity contribution in [2.75, 3.05) is 6.61 Å². The molecule has 1 heterocycles. The van der Waals surface area contributed by atoms with Crippen LogP contribution in [0.25, 0.3) is 0 Å². The summed E-state index contributed by atoms with van der Waals surface area (Å²) < 4.78 is 16.4. The topological polar surface area (TPSA) is 88.4 Å². The first-order valence-corrected chi connectivity index (χ1v) is 7.70. The fraction of sp³-hybridized carbons (Fsp3) is 0.333. The lowest BCUT2D eigenvalue weighted by Gasteiger charge is -2.34. The molecule has 1 saturated heterocycles. The normalized spacial score (nSPS) is 26.8. The number of rotatable bonds is 4. The second-order valence-corrected chi connectivity index (χ2v) is 5.75. The van der Waals surface area contributed by atoms with Crippen LogP contribution in [-0.4, -0.2) is 46.5 Å². The lowest BCUT2D eigenvalue weighted by Crippen LogP contribution is -2.54. The van der Waals surface area contributed by atoms with Gasteiger partial charge in [0.15, 0.2) is 0 Å². The van der Waals surface area contributed by atoms with Crippen molar-refractivity contribution >= 4 is 0 Å². The molecule has 6 heteroatoms. The molecule has 1 aliphatic heterocycles. The molecule has 0 aromatic heterocycles. The van der Waals surface area contributed by atoms with Crippen molar-refractivity contribution in [3.8, 4) is 17.2 Å². The minimum atomic E-state index is -1.32. The Morgan fingerprint density at radius 1 is 0.833 bits per heavy atom. The molecule has 128 valence electrons. The standard InChI is InChI=1S/C18H20O6/c1-11-2-4-12(5-3-11)23-13-6-8-14(9-7-13)24-18-17(21)16(20)15(19)10-22-18/h2-9,15-21H,10H2,1H3/t15-,16-,17+,18+/m0/s1. The van der Waals surface area contributed by atoms with Gasteiger partial charge >= 0.3 is 0 Å². The van der Waals surface area contributed by atoms with Crippen molar-refractivity contribution in [3.63, 3.8) is 0 Å². The molecule has 2 aromatic carbocycles. The number of aliphatic hydroxyl groups excluding tert-OH is 3. The SMILES string of the molecule is Cc1ccc(Oc2ccc(O[C@H]3OC[C@H](O)[C@H](O)[C@H]3O)cc2)cc1. The Labute approximate surface area is 139 Å². The summed E-state index contributed by atoms with van der Waals surface area (Å²) in [5.74, 6) is 1.84. The maximum atomic E-state index is 9.86. The van der Waals surface area contributed by atoms with Crippen molar-refractivity contribution in [3.05, 3.63) is 54.1 Å². The van der Waals surface area contributed by atoms with Crippen molar-refractivity contribution in [1.29, 1.82) is 0 Å². The van der Waals surface area contributed by atoms with Gasteiger partial charge in [0.05, 0.1) is 6.61 Å². The molecule has 0 spiro atoms. The van der Waals surface area contributed by atoms with Gasteiger partial charge in [-0.05, 0) is 43.3 Å². The van der Waals surface area contributed by atoms with E-state index < -0.39 is 24.6 Å². The van der Waals surface area contributed by atoms with Crippen molar-refractivity contribution in [2.45, 2.75) is 31.5 Å². The van der Waals surface area contributed by atoms with E-state index in [1.807, 2.05) is 31.2 Å². The van der Waals surface area contributed by atoms with Crippen molar-refractivity contribution in [2.24, 2.45) is 0 Å². The van der Waals surface area contributed by atoms with Gasteiger partial charge in [-0.2, -0.15) is 0 Å².